The van der Waals surface area contributed by atoms with Crippen LogP contribution in [0.3, 0.4) is 0 Å². The minimum Gasteiger partial charge on any atom is -0.477 e. The van der Waals surface area contributed by atoms with Crippen LogP contribution in [0.25, 0.3) is 0 Å². The molecule has 0 bridgehead atoms. The molecule has 0 aliphatic carbocycles. The van der Waals surface area contributed by atoms with Crippen molar-refractivity contribution < 1.29 is 23.1 Å². The second-order valence-corrected chi connectivity index (χ2v) is 8.73. The average molecular weight is 388 g/mol. The van der Waals surface area contributed by atoms with Gasteiger partial charge in [0.05, 0.1) is 11.7 Å². The highest BCUT2D eigenvalue weighted by atomic mass is 32.2. The lowest BCUT2D eigenvalue weighted by Gasteiger charge is -2.44. The van der Waals surface area contributed by atoms with Crippen LogP contribution < -0.4 is 11.1 Å². The van der Waals surface area contributed by atoms with Crippen molar-refractivity contribution in [2.24, 2.45) is 7.05 Å². The van der Waals surface area contributed by atoms with E-state index in [0.717, 1.165) is 22.7 Å². The number of aromatic amines is 1. The fraction of sp³-hybridized carbons (Fsp3) is 0.417. The standard InChI is InChI=1S/C12H12N4O7S2/c1-15-12(13-9(18)10(19)14-15)24-4-5-2-6(11(20)21)16-7(17)3-8(16)25(5,22)23/h2,5,8H,3-4H2,1H3,(H,14,19)(H,20,21)/t5?,8-/m1/s1. The van der Waals surface area contributed by atoms with Gasteiger partial charge in [0.1, 0.15) is 11.1 Å². The largest absolute Gasteiger partial charge is 0.477 e. The summed E-state index contributed by atoms with van der Waals surface area (Å²) in [5.74, 6) is -2.07. The summed E-state index contributed by atoms with van der Waals surface area (Å²) in [5.41, 5.74) is -2.29. The van der Waals surface area contributed by atoms with Gasteiger partial charge in [0.2, 0.25) is 5.91 Å². The number of thioether (sulfide) groups is 1. The zero-order chi connectivity index (χ0) is 18.5. The van der Waals surface area contributed by atoms with Gasteiger partial charge >= 0.3 is 17.1 Å². The molecule has 3 heterocycles. The smallest absolute Gasteiger partial charge is 0.352 e. The van der Waals surface area contributed by atoms with Gasteiger partial charge in [0.15, 0.2) is 15.0 Å². The predicted molar refractivity (Wildman–Crippen MR) is 84.5 cm³/mol. The van der Waals surface area contributed by atoms with Crippen LogP contribution in [-0.4, -0.2) is 61.4 Å². The van der Waals surface area contributed by atoms with Crippen LogP contribution in [0, 0.1) is 0 Å². The van der Waals surface area contributed by atoms with Crippen LogP contribution in [0.4, 0.5) is 0 Å². The highest BCUT2D eigenvalue weighted by Crippen LogP contribution is 2.37. The lowest BCUT2D eigenvalue weighted by Crippen LogP contribution is -2.61. The number of aromatic nitrogens is 3. The normalized spacial score (nSPS) is 24.3. The third-order valence-corrected chi connectivity index (χ3v) is 7.50. The van der Waals surface area contributed by atoms with Crippen LogP contribution in [0.2, 0.25) is 0 Å². The maximum absolute atomic E-state index is 12.5. The number of nitrogens with one attached hydrogen (secondary N) is 1. The van der Waals surface area contributed by atoms with Crippen molar-refractivity contribution in [2.75, 3.05) is 5.75 Å². The number of aliphatic carboxylic acids is 1. The van der Waals surface area contributed by atoms with Gasteiger partial charge in [0.25, 0.3) is 0 Å². The third-order valence-electron chi connectivity index (χ3n) is 3.85. The maximum Gasteiger partial charge on any atom is 0.352 e. The number of hydrogen-bond donors (Lipinski definition) is 2. The number of carbonyl (C=O) groups excluding carboxylic acids is 1. The molecule has 0 spiro atoms. The van der Waals surface area contributed by atoms with Crippen LogP contribution in [0.15, 0.2) is 26.5 Å². The lowest BCUT2D eigenvalue weighted by molar-refractivity contribution is -0.146. The van der Waals surface area contributed by atoms with Gasteiger partial charge in [-0.1, -0.05) is 11.8 Å². The van der Waals surface area contributed by atoms with Gasteiger partial charge < -0.3 is 5.11 Å². The van der Waals surface area contributed by atoms with E-state index < -0.39 is 43.5 Å². The Kier molecular flexibility index (Phi) is 4.07. The van der Waals surface area contributed by atoms with E-state index in [9.17, 15) is 32.7 Å². The molecule has 11 nitrogen and oxygen atoms in total. The second kappa shape index (κ2) is 5.84. The van der Waals surface area contributed by atoms with Crippen molar-refractivity contribution in [2.45, 2.75) is 22.2 Å². The van der Waals surface area contributed by atoms with E-state index in [1.807, 2.05) is 0 Å². The van der Waals surface area contributed by atoms with E-state index in [4.69, 9.17) is 0 Å². The number of amides is 1. The number of hydrogen-bond acceptors (Lipinski definition) is 8. The van der Waals surface area contributed by atoms with Crippen LogP contribution in [-0.2, 0) is 26.5 Å². The number of carbonyl (C=O) groups is 2. The molecular formula is C12H12N4O7S2. The van der Waals surface area contributed by atoms with Crippen molar-refractivity contribution in [3.8, 4) is 0 Å². The Balaban J connectivity index is 1.91. The molecule has 1 aromatic heterocycles. The van der Waals surface area contributed by atoms with Crippen molar-refractivity contribution in [1.82, 2.24) is 19.7 Å². The van der Waals surface area contributed by atoms with E-state index in [1.165, 1.54) is 11.7 Å². The first-order valence-corrected chi connectivity index (χ1v) is 9.52. The molecule has 1 fully saturated rings. The van der Waals surface area contributed by atoms with Gasteiger partial charge in [0, 0.05) is 12.8 Å². The van der Waals surface area contributed by atoms with Crippen molar-refractivity contribution in [3.63, 3.8) is 0 Å². The molecule has 0 radical (unpaired) electrons. The summed E-state index contributed by atoms with van der Waals surface area (Å²) in [6, 6.07) is 0. The molecule has 1 saturated heterocycles. The summed E-state index contributed by atoms with van der Waals surface area (Å²) < 4.78 is 26.2. The Morgan fingerprint density at radius 3 is 2.72 bits per heavy atom. The SMILES string of the molecule is Cn1[nH]c(=O)c(=O)nc1SCC1C=C(C(=O)O)N2C(=O)C[C@H]2S1(=O)=O. The number of carboxylic acid groups (broad SMARTS) is 1. The molecule has 0 saturated carbocycles. The molecule has 0 aromatic carbocycles. The fourth-order valence-electron chi connectivity index (χ4n) is 2.56. The molecule has 3 rings (SSSR count). The number of β-lactam (4-membered cyclic amide) rings is 1. The highest BCUT2D eigenvalue weighted by molar-refractivity contribution is 8.01. The summed E-state index contributed by atoms with van der Waals surface area (Å²) >= 11 is 0.882. The maximum atomic E-state index is 12.5. The molecule has 2 aliphatic rings. The number of carboxylic acids is 1. The first-order valence-electron chi connectivity index (χ1n) is 6.93. The number of sulfone groups is 1. The molecule has 1 unspecified atom stereocenters. The Labute approximate surface area is 144 Å². The summed E-state index contributed by atoms with van der Waals surface area (Å²) in [4.78, 5) is 49.6. The zero-order valence-electron chi connectivity index (χ0n) is 12.7. The lowest BCUT2D eigenvalue weighted by atomic mass is 10.1. The summed E-state index contributed by atoms with van der Waals surface area (Å²) in [6.07, 6.45) is 0.755. The van der Waals surface area contributed by atoms with Crippen LogP contribution >= 0.6 is 11.8 Å². The van der Waals surface area contributed by atoms with E-state index in [-0.39, 0.29) is 23.0 Å². The Morgan fingerprint density at radius 2 is 2.12 bits per heavy atom. The number of fused-ring (bicyclic) bond motifs is 1. The fourth-order valence-corrected chi connectivity index (χ4v) is 5.94. The van der Waals surface area contributed by atoms with Gasteiger partial charge in [-0.15, -0.1) is 0 Å². The Bertz CT molecular complexity index is 1020. The van der Waals surface area contributed by atoms with Crippen molar-refractivity contribution >= 4 is 33.5 Å². The minimum atomic E-state index is -3.81. The third kappa shape index (κ3) is 2.78. The topological polar surface area (TPSA) is 159 Å². The summed E-state index contributed by atoms with van der Waals surface area (Å²) in [6.45, 7) is 0. The van der Waals surface area contributed by atoms with E-state index >= 15 is 0 Å². The molecule has 2 aliphatic heterocycles. The minimum absolute atomic E-state index is 0.0807. The van der Waals surface area contributed by atoms with E-state index in [2.05, 4.69) is 10.1 Å². The van der Waals surface area contributed by atoms with Gasteiger partial charge in [-0.2, -0.15) is 4.98 Å². The molecule has 1 aromatic rings. The number of aryl methyl sites for hydroxylation is 1. The molecule has 2 atom stereocenters. The van der Waals surface area contributed by atoms with Gasteiger partial charge in [-0.05, 0) is 6.08 Å². The van der Waals surface area contributed by atoms with Crippen molar-refractivity contribution in [3.05, 3.63) is 32.5 Å². The molecule has 13 heteroatoms. The number of rotatable bonds is 4. The molecule has 2 N–H and O–H groups in total. The Hall–Kier alpha value is -2.41. The van der Waals surface area contributed by atoms with E-state index in [0.29, 0.717) is 0 Å². The van der Waals surface area contributed by atoms with Crippen LogP contribution in [0.1, 0.15) is 6.42 Å². The summed E-state index contributed by atoms with van der Waals surface area (Å²) in [5, 5.41) is 9.16. The van der Waals surface area contributed by atoms with Crippen LogP contribution in [0.5, 0.6) is 0 Å². The predicted octanol–water partition coefficient (Wildman–Crippen LogP) is -2.12. The Morgan fingerprint density at radius 1 is 1.44 bits per heavy atom. The first kappa shape index (κ1) is 17.4. The van der Waals surface area contributed by atoms with Gasteiger partial charge in [-0.3, -0.25) is 29.1 Å². The molecule has 1 amide bonds. The second-order valence-electron chi connectivity index (χ2n) is 5.42. The molecule has 25 heavy (non-hydrogen) atoms. The highest BCUT2D eigenvalue weighted by Gasteiger charge is 2.53. The monoisotopic (exact) mass is 388 g/mol. The average Bonchev–Trinajstić information content (AvgIpc) is 2.50. The zero-order valence-corrected chi connectivity index (χ0v) is 14.3. The number of H-pyrrole nitrogens is 1. The quantitative estimate of drug-likeness (QED) is 0.334. The first-order chi connectivity index (χ1) is 11.6. The number of nitrogens with zero attached hydrogens (tertiary/aromatic N) is 3. The molecular weight excluding hydrogens is 376 g/mol. The molecule has 134 valence electrons. The summed E-state index contributed by atoms with van der Waals surface area (Å²) in [7, 11) is -2.38. The van der Waals surface area contributed by atoms with Crippen molar-refractivity contribution in [1.29, 1.82) is 0 Å². The van der Waals surface area contributed by atoms with Gasteiger partial charge in [-0.25, -0.2) is 13.2 Å². The van der Waals surface area contributed by atoms with E-state index in [1.54, 1.807) is 0 Å².